The molecule has 0 radical (unpaired) electrons. The third-order valence-electron chi connectivity index (χ3n) is 5.88. The highest BCUT2D eigenvalue weighted by atomic mass is 16.7. The normalized spacial score (nSPS) is 28.6. The molecule has 1 fully saturated rings. The third-order valence-corrected chi connectivity index (χ3v) is 5.88. The van der Waals surface area contributed by atoms with E-state index < -0.39 is 43.4 Å². The number of phenols is 1. The lowest BCUT2D eigenvalue weighted by Gasteiger charge is -2.39. The Bertz CT molecular complexity index is 1040. The number of benzene rings is 2. The van der Waals surface area contributed by atoms with Gasteiger partial charge in [-0.05, 0) is 17.7 Å². The summed E-state index contributed by atoms with van der Waals surface area (Å²) in [6.45, 7) is -0.565. The summed E-state index contributed by atoms with van der Waals surface area (Å²) in [4.78, 5) is 12.8. The first-order chi connectivity index (χ1) is 16.3. The fourth-order valence-corrected chi connectivity index (χ4v) is 4.03. The zero-order chi connectivity index (χ0) is 24.6. The van der Waals surface area contributed by atoms with Crippen LogP contribution in [0.5, 0.6) is 28.7 Å². The molecule has 2 aliphatic rings. The molecule has 6 unspecified atom stereocenters. The molecule has 0 spiro atoms. The number of aromatic hydroxyl groups is 1. The molecule has 2 aromatic carbocycles. The number of Topliss-reactive ketones (excluding diaryl/α,β-unsaturated/α-hetero) is 1. The van der Waals surface area contributed by atoms with E-state index >= 15 is 0 Å². The van der Waals surface area contributed by atoms with Crippen molar-refractivity contribution in [2.45, 2.75) is 43.2 Å². The van der Waals surface area contributed by atoms with Gasteiger partial charge >= 0.3 is 0 Å². The van der Waals surface area contributed by atoms with Gasteiger partial charge in [0.2, 0.25) is 12.0 Å². The number of ketones is 1. The minimum Gasteiger partial charge on any atom is -0.504 e. The fraction of sp³-hybridized carbons (Fsp3) is 0.435. The lowest BCUT2D eigenvalue weighted by Crippen LogP contribution is -2.60. The number of methoxy groups -OCH3 is 2. The summed E-state index contributed by atoms with van der Waals surface area (Å²) >= 11 is 0. The van der Waals surface area contributed by atoms with E-state index in [9.17, 15) is 30.3 Å². The third kappa shape index (κ3) is 4.24. The van der Waals surface area contributed by atoms with E-state index in [1.165, 1.54) is 20.3 Å². The Labute approximate surface area is 194 Å². The smallest absolute Gasteiger partial charge is 0.229 e. The average molecular weight is 478 g/mol. The molecule has 2 aliphatic heterocycles. The van der Waals surface area contributed by atoms with Gasteiger partial charge in [0, 0.05) is 6.07 Å². The second-order valence-electron chi connectivity index (χ2n) is 7.95. The van der Waals surface area contributed by atoms with Crippen molar-refractivity contribution in [3.63, 3.8) is 0 Å². The first kappa shape index (κ1) is 24.0. The highest BCUT2D eigenvalue weighted by Gasteiger charge is 2.44. The molecule has 0 aromatic heterocycles. The van der Waals surface area contributed by atoms with Crippen LogP contribution in [0.2, 0.25) is 0 Å². The van der Waals surface area contributed by atoms with Crippen LogP contribution in [0.4, 0.5) is 0 Å². The van der Waals surface area contributed by atoms with Gasteiger partial charge in [0.25, 0.3) is 0 Å². The summed E-state index contributed by atoms with van der Waals surface area (Å²) in [5, 5.41) is 49.6. The van der Waals surface area contributed by atoms with Crippen LogP contribution < -0.4 is 18.9 Å². The molecule has 0 aliphatic carbocycles. The molecule has 0 saturated carbocycles. The maximum absolute atomic E-state index is 12.8. The van der Waals surface area contributed by atoms with E-state index in [2.05, 4.69) is 0 Å². The summed E-state index contributed by atoms with van der Waals surface area (Å²) in [7, 11) is 2.76. The van der Waals surface area contributed by atoms with E-state index in [-0.39, 0.29) is 46.5 Å². The number of aliphatic hydroxyl groups is 4. The minimum absolute atomic E-state index is 0.0245. The maximum Gasteiger partial charge on any atom is 0.229 e. The largest absolute Gasteiger partial charge is 0.504 e. The molecule has 2 heterocycles. The van der Waals surface area contributed by atoms with Gasteiger partial charge in [0.15, 0.2) is 17.3 Å². The lowest BCUT2D eigenvalue weighted by atomic mass is 9.95. The van der Waals surface area contributed by atoms with Gasteiger partial charge in [0.05, 0.1) is 27.2 Å². The predicted octanol–water partition coefficient (Wildman–Crippen LogP) is 0.295. The number of carbonyl (C=O) groups excluding carboxylic acids is 1. The monoisotopic (exact) mass is 478 g/mol. The molecule has 0 bridgehead atoms. The highest BCUT2D eigenvalue weighted by Crippen LogP contribution is 2.48. The zero-order valence-electron chi connectivity index (χ0n) is 18.5. The van der Waals surface area contributed by atoms with Crippen LogP contribution in [0.1, 0.15) is 28.4 Å². The number of hydrogen-bond donors (Lipinski definition) is 5. The van der Waals surface area contributed by atoms with Crippen LogP contribution in [0, 0.1) is 0 Å². The summed E-state index contributed by atoms with van der Waals surface area (Å²) in [5.41, 5.74) is 0.672. The van der Waals surface area contributed by atoms with Crippen LogP contribution in [-0.4, -0.2) is 82.8 Å². The van der Waals surface area contributed by atoms with Crippen LogP contribution in [0.3, 0.4) is 0 Å². The molecule has 11 nitrogen and oxygen atoms in total. The Morgan fingerprint density at radius 3 is 2.35 bits per heavy atom. The molecule has 0 amide bonds. The van der Waals surface area contributed by atoms with Crippen molar-refractivity contribution in [1.29, 1.82) is 0 Å². The number of aliphatic hydroxyl groups excluding tert-OH is 4. The Morgan fingerprint density at radius 1 is 1.03 bits per heavy atom. The lowest BCUT2D eigenvalue weighted by molar-refractivity contribution is -0.277. The quantitative estimate of drug-likeness (QED) is 0.388. The molecule has 184 valence electrons. The van der Waals surface area contributed by atoms with Crippen molar-refractivity contribution in [3.8, 4) is 28.7 Å². The summed E-state index contributed by atoms with van der Waals surface area (Å²) < 4.78 is 27.2. The van der Waals surface area contributed by atoms with Crippen molar-refractivity contribution >= 4 is 5.78 Å². The number of hydrogen-bond acceptors (Lipinski definition) is 11. The summed E-state index contributed by atoms with van der Waals surface area (Å²) in [6, 6.07) is 7.92. The van der Waals surface area contributed by atoms with Crippen molar-refractivity contribution in [3.05, 3.63) is 41.5 Å². The molecule has 1 saturated heterocycles. The molecule has 5 N–H and O–H groups in total. The number of ether oxygens (including phenoxy) is 5. The zero-order valence-corrected chi connectivity index (χ0v) is 18.5. The van der Waals surface area contributed by atoms with Crippen LogP contribution in [0.15, 0.2) is 30.3 Å². The van der Waals surface area contributed by atoms with E-state index in [0.717, 1.165) is 0 Å². The molecule has 11 heteroatoms. The maximum atomic E-state index is 12.8. The number of phenolic OH excluding ortho intramolecular Hbond substituents is 1. The SMILES string of the molecule is COc1cc2c(c(O)c1OC)C(=O)CC(c1ccc(OC3OC(CO)C(O)C(O)C3O)cc1)O2. The molecular formula is C23H26O11. The van der Waals surface area contributed by atoms with Crippen LogP contribution in [0.25, 0.3) is 0 Å². The van der Waals surface area contributed by atoms with E-state index in [1.807, 2.05) is 0 Å². The average Bonchev–Trinajstić information content (AvgIpc) is 2.84. The Balaban J connectivity index is 1.51. The number of fused-ring (bicyclic) bond motifs is 1. The van der Waals surface area contributed by atoms with E-state index in [0.29, 0.717) is 5.56 Å². The molecular weight excluding hydrogens is 452 g/mol. The van der Waals surface area contributed by atoms with E-state index in [4.69, 9.17) is 23.7 Å². The van der Waals surface area contributed by atoms with E-state index in [1.54, 1.807) is 24.3 Å². The second kappa shape index (κ2) is 9.65. The first-order valence-electron chi connectivity index (χ1n) is 10.5. The van der Waals surface area contributed by atoms with Crippen molar-refractivity contribution in [2.75, 3.05) is 20.8 Å². The van der Waals surface area contributed by atoms with Gasteiger partial charge in [-0.2, -0.15) is 0 Å². The van der Waals surface area contributed by atoms with Gasteiger partial charge in [-0.15, -0.1) is 0 Å². The Kier molecular flexibility index (Phi) is 6.82. The Morgan fingerprint density at radius 2 is 1.74 bits per heavy atom. The molecule has 2 aromatic rings. The van der Waals surface area contributed by atoms with Gasteiger partial charge < -0.3 is 49.2 Å². The second-order valence-corrected chi connectivity index (χ2v) is 7.95. The summed E-state index contributed by atoms with van der Waals surface area (Å²) in [5.74, 6) is 0.0365. The van der Waals surface area contributed by atoms with Gasteiger partial charge in [-0.1, -0.05) is 12.1 Å². The topological polar surface area (TPSA) is 164 Å². The summed E-state index contributed by atoms with van der Waals surface area (Å²) in [6.07, 6.45) is -7.63. The van der Waals surface area contributed by atoms with Gasteiger partial charge in [0.1, 0.15) is 47.6 Å². The molecule has 6 atom stereocenters. The highest BCUT2D eigenvalue weighted by molar-refractivity contribution is 6.03. The van der Waals surface area contributed by atoms with Crippen molar-refractivity contribution < 1.29 is 54.0 Å². The minimum atomic E-state index is -1.55. The molecule has 34 heavy (non-hydrogen) atoms. The van der Waals surface area contributed by atoms with Gasteiger partial charge in [-0.25, -0.2) is 0 Å². The van der Waals surface area contributed by atoms with Crippen molar-refractivity contribution in [2.24, 2.45) is 0 Å². The number of carbonyl (C=O) groups is 1. The van der Waals surface area contributed by atoms with Crippen LogP contribution >= 0.6 is 0 Å². The van der Waals surface area contributed by atoms with Crippen LogP contribution in [-0.2, 0) is 4.74 Å². The standard InChI is InChI=1S/C23H26O11/c1-30-15-8-14-17(19(27)22(15)31-2)12(25)7-13(33-14)10-3-5-11(6-4-10)32-23-21(29)20(28)18(26)16(9-24)34-23/h3-6,8,13,16,18,20-21,23-24,26-29H,7,9H2,1-2H3. The van der Waals surface area contributed by atoms with Gasteiger partial charge in [-0.3, -0.25) is 4.79 Å². The molecule has 4 rings (SSSR count). The number of rotatable bonds is 6. The Hall–Kier alpha value is -3.09. The first-order valence-corrected chi connectivity index (χ1v) is 10.5. The fourth-order valence-electron chi connectivity index (χ4n) is 4.03. The van der Waals surface area contributed by atoms with Crippen molar-refractivity contribution in [1.82, 2.24) is 0 Å². The predicted molar refractivity (Wildman–Crippen MR) is 114 cm³/mol.